The summed E-state index contributed by atoms with van der Waals surface area (Å²) < 4.78 is 5.98. The molecule has 2 aliphatic rings. The second-order valence-electron chi connectivity index (χ2n) is 6.07. The van der Waals surface area contributed by atoms with Crippen molar-refractivity contribution in [3.8, 4) is 0 Å². The lowest BCUT2D eigenvalue weighted by Gasteiger charge is -2.47. The summed E-state index contributed by atoms with van der Waals surface area (Å²) in [5.41, 5.74) is 0.470. The first-order valence-electron chi connectivity index (χ1n) is 7.50. The third-order valence-electron chi connectivity index (χ3n) is 4.49. The molecule has 0 saturated carbocycles. The number of carbonyl (C=O) groups is 1. The van der Waals surface area contributed by atoms with Crippen LogP contribution in [0.15, 0.2) is 18.6 Å². The molecule has 3 rings (SSSR count). The van der Waals surface area contributed by atoms with Crippen LogP contribution in [-0.4, -0.2) is 71.6 Å². The van der Waals surface area contributed by atoms with Gasteiger partial charge in [0.2, 0.25) is 0 Å². The average molecular weight is 290 g/mol. The lowest BCUT2D eigenvalue weighted by molar-refractivity contribution is -0.0997. The first-order valence-corrected chi connectivity index (χ1v) is 7.50. The molecule has 1 amide bonds. The first kappa shape index (κ1) is 14.4. The van der Waals surface area contributed by atoms with Gasteiger partial charge in [0.25, 0.3) is 5.91 Å². The number of likely N-dealkylation sites (tertiary alicyclic amines) is 1. The number of likely N-dealkylation sites (N-methyl/N-ethyl adjacent to an activating group) is 1. The molecule has 0 bridgehead atoms. The number of nitrogens with zero attached hydrogens (tertiary/aromatic N) is 4. The summed E-state index contributed by atoms with van der Waals surface area (Å²) in [5, 5.41) is 0. The molecule has 1 aromatic heterocycles. The van der Waals surface area contributed by atoms with Gasteiger partial charge in [-0.2, -0.15) is 0 Å². The summed E-state index contributed by atoms with van der Waals surface area (Å²) in [6.07, 6.45) is 5.48. The molecule has 0 unspecified atom stereocenters. The first-order chi connectivity index (χ1) is 10.2. The lowest BCUT2D eigenvalue weighted by Crippen LogP contribution is -2.60. The molecular formula is C15H22N4O2. The van der Waals surface area contributed by atoms with Gasteiger partial charge in [0.05, 0.1) is 12.1 Å². The zero-order chi connectivity index (χ0) is 14.8. The molecule has 3 atom stereocenters. The molecule has 0 N–H and O–H groups in total. The van der Waals surface area contributed by atoms with Gasteiger partial charge in [0.1, 0.15) is 12.0 Å². The number of hydrogen-bond donors (Lipinski definition) is 0. The standard InChI is InChI=1S/C15H22N4O2/c1-18(2)13-9-19(8-11-4-3-7-21-14(11)13)15(20)12-5-6-16-10-17-12/h5-6,10-11,13-14H,3-4,7-9H2,1-2H3/t11-,13+,14-/m0/s1. The zero-order valence-electron chi connectivity index (χ0n) is 12.6. The largest absolute Gasteiger partial charge is 0.376 e. The topological polar surface area (TPSA) is 58.6 Å². The smallest absolute Gasteiger partial charge is 0.272 e. The van der Waals surface area contributed by atoms with Crippen molar-refractivity contribution >= 4 is 5.91 Å². The van der Waals surface area contributed by atoms with E-state index < -0.39 is 0 Å². The second kappa shape index (κ2) is 6.07. The Morgan fingerprint density at radius 1 is 1.43 bits per heavy atom. The van der Waals surface area contributed by atoms with Crippen molar-refractivity contribution in [2.24, 2.45) is 5.92 Å². The van der Waals surface area contributed by atoms with Gasteiger partial charge >= 0.3 is 0 Å². The molecule has 21 heavy (non-hydrogen) atoms. The van der Waals surface area contributed by atoms with Crippen LogP contribution >= 0.6 is 0 Å². The van der Waals surface area contributed by atoms with Crippen molar-refractivity contribution in [2.75, 3.05) is 33.8 Å². The normalized spacial score (nSPS) is 29.3. The molecule has 2 fully saturated rings. The second-order valence-corrected chi connectivity index (χ2v) is 6.07. The molecule has 1 aromatic rings. The molecular weight excluding hydrogens is 268 g/mol. The molecule has 0 aromatic carbocycles. The van der Waals surface area contributed by atoms with E-state index in [1.807, 2.05) is 4.90 Å². The maximum absolute atomic E-state index is 12.6. The summed E-state index contributed by atoms with van der Waals surface area (Å²) in [6, 6.07) is 1.92. The number of hydrogen-bond acceptors (Lipinski definition) is 5. The van der Waals surface area contributed by atoms with Crippen molar-refractivity contribution in [3.05, 3.63) is 24.3 Å². The van der Waals surface area contributed by atoms with Crippen LogP contribution in [-0.2, 0) is 4.74 Å². The summed E-state index contributed by atoms with van der Waals surface area (Å²) in [6.45, 7) is 2.29. The summed E-state index contributed by atoms with van der Waals surface area (Å²) in [7, 11) is 4.11. The molecule has 0 aliphatic carbocycles. The van der Waals surface area contributed by atoms with E-state index in [9.17, 15) is 4.79 Å². The van der Waals surface area contributed by atoms with Crippen LogP contribution in [0.3, 0.4) is 0 Å². The SMILES string of the molecule is CN(C)[C@@H]1CN(C(=O)c2ccncn2)C[C@@H]2CCCO[C@@H]21. The van der Waals surface area contributed by atoms with E-state index in [2.05, 4.69) is 29.0 Å². The number of piperidine rings is 1. The predicted octanol–water partition coefficient (Wildman–Crippen LogP) is 0.658. The van der Waals surface area contributed by atoms with Crippen LogP contribution in [0.4, 0.5) is 0 Å². The summed E-state index contributed by atoms with van der Waals surface area (Å²) >= 11 is 0. The minimum Gasteiger partial charge on any atom is -0.376 e. The van der Waals surface area contributed by atoms with Crippen LogP contribution in [0.1, 0.15) is 23.3 Å². The van der Waals surface area contributed by atoms with E-state index >= 15 is 0 Å². The Bertz CT molecular complexity index is 494. The van der Waals surface area contributed by atoms with Crippen molar-refractivity contribution in [1.29, 1.82) is 0 Å². The van der Waals surface area contributed by atoms with Crippen LogP contribution in [0.5, 0.6) is 0 Å². The summed E-state index contributed by atoms with van der Waals surface area (Å²) in [4.78, 5) is 24.7. The third-order valence-corrected chi connectivity index (χ3v) is 4.49. The van der Waals surface area contributed by atoms with Crippen LogP contribution < -0.4 is 0 Å². The van der Waals surface area contributed by atoms with E-state index in [-0.39, 0.29) is 18.1 Å². The van der Waals surface area contributed by atoms with Crippen LogP contribution in [0.25, 0.3) is 0 Å². The van der Waals surface area contributed by atoms with Crippen LogP contribution in [0.2, 0.25) is 0 Å². The van der Waals surface area contributed by atoms with Gasteiger partial charge in [0.15, 0.2) is 0 Å². The number of ether oxygens (including phenoxy) is 1. The Kier molecular flexibility index (Phi) is 4.17. The Balaban J connectivity index is 1.79. The van der Waals surface area contributed by atoms with E-state index in [0.717, 1.165) is 26.0 Å². The van der Waals surface area contributed by atoms with Gasteiger partial charge in [-0.1, -0.05) is 0 Å². The Hall–Kier alpha value is -1.53. The molecule has 6 heteroatoms. The van der Waals surface area contributed by atoms with Gasteiger partial charge in [-0.25, -0.2) is 9.97 Å². The maximum Gasteiger partial charge on any atom is 0.272 e. The minimum absolute atomic E-state index is 0.00623. The fraction of sp³-hybridized carbons (Fsp3) is 0.667. The van der Waals surface area contributed by atoms with Gasteiger partial charge in [-0.3, -0.25) is 4.79 Å². The number of amides is 1. The third kappa shape index (κ3) is 2.91. The fourth-order valence-electron chi connectivity index (χ4n) is 3.38. The molecule has 2 aliphatic heterocycles. The molecule has 3 heterocycles. The quantitative estimate of drug-likeness (QED) is 0.801. The minimum atomic E-state index is -0.00623. The lowest BCUT2D eigenvalue weighted by atomic mass is 9.85. The highest BCUT2D eigenvalue weighted by atomic mass is 16.5. The van der Waals surface area contributed by atoms with Crippen molar-refractivity contribution in [3.63, 3.8) is 0 Å². The Morgan fingerprint density at radius 3 is 3.00 bits per heavy atom. The highest BCUT2D eigenvalue weighted by molar-refractivity contribution is 5.92. The Labute approximate surface area is 125 Å². The van der Waals surface area contributed by atoms with E-state index in [1.165, 1.54) is 6.33 Å². The number of carbonyl (C=O) groups excluding carboxylic acids is 1. The molecule has 0 radical (unpaired) electrons. The Morgan fingerprint density at radius 2 is 2.29 bits per heavy atom. The van der Waals surface area contributed by atoms with Gasteiger partial charge in [-0.15, -0.1) is 0 Å². The molecule has 6 nitrogen and oxygen atoms in total. The fourth-order valence-corrected chi connectivity index (χ4v) is 3.38. The number of aromatic nitrogens is 2. The van der Waals surface area contributed by atoms with E-state index in [0.29, 0.717) is 18.2 Å². The number of rotatable bonds is 2. The monoisotopic (exact) mass is 290 g/mol. The average Bonchev–Trinajstić information content (AvgIpc) is 2.53. The van der Waals surface area contributed by atoms with Crippen LogP contribution in [0, 0.1) is 5.92 Å². The van der Waals surface area contributed by atoms with Crippen molar-refractivity contribution in [1.82, 2.24) is 19.8 Å². The molecule has 2 saturated heterocycles. The van der Waals surface area contributed by atoms with Gasteiger partial charge in [-0.05, 0) is 33.0 Å². The highest BCUT2D eigenvalue weighted by Gasteiger charge is 2.41. The van der Waals surface area contributed by atoms with E-state index in [4.69, 9.17) is 4.74 Å². The van der Waals surface area contributed by atoms with Gasteiger partial charge < -0.3 is 14.5 Å². The van der Waals surface area contributed by atoms with E-state index in [1.54, 1.807) is 12.3 Å². The van der Waals surface area contributed by atoms with Crippen molar-refractivity contribution in [2.45, 2.75) is 25.0 Å². The predicted molar refractivity (Wildman–Crippen MR) is 77.9 cm³/mol. The van der Waals surface area contributed by atoms with Crippen molar-refractivity contribution < 1.29 is 9.53 Å². The molecule has 114 valence electrons. The highest BCUT2D eigenvalue weighted by Crippen LogP contribution is 2.30. The molecule has 0 spiro atoms. The maximum atomic E-state index is 12.6. The summed E-state index contributed by atoms with van der Waals surface area (Å²) in [5.74, 6) is 0.416. The zero-order valence-corrected chi connectivity index (χ0v) is 12.6. The van der Waals surface area contributed by atoms with Gasteiger partial charge in [0, 0.05) is 31.8 Å². The number of fused-ring (bicyclic) bond motifs is 1.